The maximum absolute atomic E-state index is 4.33. The molecule has 0 saturated carbocycles. The van der Waals surface area contributed by atoms with Crippen LogP contribution >= 0.6 is 11.3 Å². The first-order valence-corrected chi connectivity index (χ1v) is 6.18. The van der Waals surface area contributed by atoms with Gasteiger partial charge in [0, 0.05) is 17.6 Å². The molecule has 0 saturated heterocycles. The summed E-state index contributed by atoms with van der Waals surface area (Å²) in [5, 5.41) is 4.68. The van der Waals surface area contributed by atoms with Crippen LogP contribution < -0.4 is 5.32 Å². The van der Waals surface area contributed by atoms with Gasteiger partial charge in [-0.15, -0.1) is 11.3 Å². The highest BCUT2D eigenvalue weighted by Crippen LogP contribution is 2.12. The third-order valence-corrected chi connectivity index (χ3v) is 3.24. The van der Waals surface area contributed by atoms with Crippen LogP contribution in [0.3, 0.4) is 0 Å². The summed E-state index contributed by atoms with van der Waals surface area (Å²) in [5.41, 5.74) is 0. The standard InChI is InChI=1S/C11H20N2S/c1-4-11-13-8-10(14-11)7-12-6-5-9(2)3/h8-9,12H,4-7H2,1-3H3. The highest BCUT2D eigenvalue weighted by molar-refractivity contribution is 7.11. The van der Waals surface area contributed by atoms with Crippen LogP contribution in [0.15, 0.2) is 6.20 Å². The molecule has 0 atom stereocenters. The largest absolute Gasteiger partial charge is 0.312 e. The van der Waals surface area contributed by atoms with Gasteiger partial charge in [0.25, 0.3) is 0 Å². The van der Waals surface area contributed by atoms with E-state index < -0.39 is 0 Å². The molecule has 0 aliphatic heterocycles. The fraction of sp³-hybridized carbons (Fsp3) is 0.727. The number of nitrogens with zero attached hydrogens (tertiary/aromatic N) is 1. The minimum Gasteiger partial charge on any atom is -0.312 e. The Morgan fingerprint density at radius 3 is 2.86 bits per heavy atom. The van der Waals surface area contributed by atoms with Gasteiger partial charge < -0.3 is 5.32 Å². The van der Waals surface area contributed by atoms with Crippen LogP contribution in [-0.2, 0) is 13.0 Å². The number of aryl methyl sites for hydroxylation is 1. The lowest BCUT2D eigenvalue weighted by molar-refractivity contribution is 0.539. The summed E-state index contributed by atoms with van der Waals surface area (Å²) in [7, 11) is 0. The van der Waals surface area contributed by atoms with E-state index in [1.54, 1.807) is 0 Å². The van der Waals surface area contributed by atoms with Crippen LogP contribution in [0, 0.1) is 5.92 Å². The molecular weight excluding hydrogens is 192 g/mol. The summed E-state index contributed by atoms with van der Waals surface area (Å²) in [6, 6.07) is 0. The van der Waals surface area contributed by atoms with Crippen molar-refractivity contribution in [3.05, 3.63) is 16.1 Å². The van der Waals surface area contributed by atoms with Crippen molar-refractivity contribution < 1.29 is 0 Å². The van der Waals surface area contributed by atoms with E-state index in [1.165, 1.54) is 16.3 Å². The lowest BCUT2D eigenvalue weighted by atomic mass is 10.1. The Bertz CT molecular complexity index is 256. The van der Waals surface area contributed by atoms with Gasteiger partial charge in [0.15, 0.2) is 0 Å². The van der Waals surface area contributed by atoms with Gasteiger partial charge in [-0.1, -0.05) is 20.8 Å². The highest BCUT2D eigenvalue weighted by atomic mass is 32.1. The Morgan fingerprint density at radius 2 is 2.29 bits per heavy atom. The Balaban J connectivity index is 2.18. The molecule has 1 aromatic rings. The highest BCUT2D eigenvalue weighted by Gasteiger charge is 1.99. The Hall–Kier alpha value is -0.410. The zero-order chi connectivity index (χ0) is 10.4. The molecule has 1 N–H and O–H groups in total. The van der Waals surface area contributed by atoms with Gasteiger partial charge in [0.2, 0.25) is 0 Å². The Kier molecular flexibility index (Phi) is 5.12. The first kappa shape index (κ1) is 11.7. The van der Waals surface area contributed by atoms with Crippen molar-refractivity contribution in [2.45, 2.75) is 40.2 Å². The van der Waals surface area contributed by atoms with Gasteiger partial charge in [0.05, 0.1) is 5.01 Å². The quantitative estimate of drug-likeness (QED) is 0.733. The second-order valence-electron chi connectivity index (χ2n) is 3.93. The van der Waals surface area contributed by atoms with E-state index in [4.69, 9.17) is 0 Å². The van der Waals surface area contributed by atoms with Crippen LogP contribution in [0.1, 0.15) is 37.1 Å². The number of aromatic nitrogens is 1. The van der Waals surface area contributed by atoms with E-state index in [0.29, 0.717) is 0 Å². The fourth-order valence-corrected chi connectivity index (χ4v) is 2.03. The third-order valence-electron chi connectivity index (χ3n) is 2.10. The minimum absolute atomic E-state index is 0.787. The SMILES string of the molecule is CCc1ncc(CNCCC(C)C)s1. The summed E-state index contributed by atoms with van der Waals surface area (Å²) in [6.07, 6.45) is 4.29. The molecule has 14 heavy (non-hydrogen) atoms. The van der Waals surface area contributed by atoms with Gasteiger partial charge >= 0.3 is 0 Å². The molecule has 80 valence electrons. The molecule has 0 amide bonds. The summed E-state index contributed by atoms with van der Waals surface area (Å²) in [5.74, 6) is 0.787. The zero-order valence-electron chi connectivity index (χ0n) is 9.34. The maximum Gasteiger partial charge on any atom is 0.0925 e. The van der Waals surface area contributed by atoms with Crippen molar-refractivity contribution in [2.75, 3.05) is 6.54 Å². The predicted octanol–water partition coefficient (Wildman–Crippen LogP) is 2.84. The van der Waals surface area contributed by atoms with Crippen LogP contribution in [0.4, 0.5) is 0 Å². The average Bonchev–Trinajstić information content (AvgIpc) is 2.60. The second-order valence-corrected chi connectivity index (χ2v) is 5.13. The summed E-state index contributed by atoms with van der Waals surface area (Å²) < 4.78 is 0. The van der Waals surface area contributed by atoms with Crippen LogP contribution in [-0.4, -0.2) is 11.5 Å². The van der Waals surface area contributed by atoms with E-state index in [9.17, 15) is 0 Å². The molecule has 0 unspecified atom stereocenters. The van der Waals surface area contributed by atoms with E-state index in [-0.39, 0.29) is 0 Å². The van der Waals surface area contributed by atoms with Crippen molar-refractivity contribution in [1.29, 1.82) is 0 Å². The molecular formula is C11H20N2S. The molecule has 0 radical (unpaired) electrons. The number of thiazole rings is 1. The van der Waals surface area contributed by atoms with Gasteiger partial charge in [-0.05, 0) is 25.3 Å². The predicted molar refractivity (Wildman–Crippen MR) is 62.7 cm³/mol. The molecule has 0 aliphatic rings. The van der Waals surface area contributed by atoms with Gasteiger partial charge in [-0.3, -0.25) is 0 Å². The molecule has 0 aliphatic carbocycles. The second kappa shape index (κ2) is 6.14. The van der Waals surface area contributed by atoms with Gasteiger partial charge in [-0.2, -0.15) is 0 Å². The molecule has 0 bridgehead atoms. The van der Waals surface area contributed by atoms with Crippen molar-refractivity contribution in [3.8, 4) is 0 Å². The van der Waals surface area contributed by atoms with Crippen molar-refractivity contribution in [2.24, 2.45) is 5.92 Å². The summed E-state index contributed by atoms with van der Waals surface area (Å²) >= 11 is 1.82. The normalized spacial score (nSPS) is 11.1. The maximum atomic E-state index is 4.33. The molecule has 1 aromatic heterocycles. The number of rotatable bonds is 6. The van der Waals surface area contributed by atoms with E-state index in [0.717, 1.165) is 25.4 Å². The molecule has 0 aromatic carbocycles. The molecule has 1 heterocycles. The van der Waals surface area contributed by atoms with Crippen molar-refractivity contribution >= 4 is 11.3 Å². The lowest BCUT2D eigenvalue weighted by Crippen LogP contribution is -2.15. The van der Waals surface area contributed by atoms with E-state index >= 15 is 0 Å². The Labute approximate surface area is 90.8 Å². The fourth-order valence-electron chi connectivity index (χ4n) is 1.20. The lowest BCUT2D eigenvalue weighted by Gasteiger charge is -2.04. The van der Waals surface area contributed by atoms with Gasteiger partial charge in [-0.25, -0.2) is 4.98 Å². The first-order chi connectivity index (χ1) is 6.72. The van der Waals surface area contributed by atoms with Crippen molar-refractivity contribution in [3.63, 3.8) is 0 Å². The molecule has 2 nitrogen and oxygen atoms in total. The minimum atomic E-state index is 0.787. The zero-order valence-corrected chi connectivity index (χ0v) is 10.2. The topological polar surface area (TPSA) is 24.9 Å². The smallest absolute Gasteiger partial charge is 0.0925 e. The summed E-state index contributed by atoms with van der Waals surface area (Å²) in [6.45, 7) is 8.74. The molecule has 1 rings (SSSR count). The third kappa shape index (κ3) is 4.20. The van der Waals surface area contributed by atoms with E-state index in [1.807, 2.05) is 17.5 Å². The molecule has 0 fully saturated rings. The number of hydrogen-bond acceptors (Lipinski definition) is 3. The number of hydrogen-bond donors (Lipinski definition) is 1. The van der Waals surface area contributed by atoms with Crippen LogP contribution in [0.25, 0.3) is 0 Å². The Morgan fingerprint density at radius 1 is 1.50 bits per heavy atom. The summed E-state index contributed by atoms with van der Waals surface area (Å²) in [4.78, 5) is 5.68. The average molecular weight is 212 g/mol. The molecule has 0 spiro atoms. The monoisotopic (exact) mass is 212 g/mol. The van der Waals surface area contributed by atoms with Crippen molar-refractivity contribution in [1.82, 2.24) is 10.3 Å². The van der Waals surface area contributed by atoms with Crippen LogP contribution in [0.5, 0.6) is 0 Å². The van der Waals surface area contributed by atoms with E-state index in [2.05, 4.69) is 31.1 Å². The van der Waals surface area contributed by atoms with Crippen LogP contribution in [0.2, 0.25) is 0 Å². The number of nitrogens with one attached hydrogen (secondary N) is 1. The van der Waals surface area contributed by atoms with Gasteiger partial charge in [0.1, 0.15) is 0 Å². The first-order valence-electron chi connectivity index (χ1n) is 5.36. The molecule has 3 heteroatoms.